The van der Waals surface area contributed by atoms with E-state index in [1.165, 1.54) is 38.2 Å². The minimum absolute atomic E-state index is 0.322. The second kappa shape index (κ2) is 10.2. The van der Waals surface area contributed by atoms with Crippen molar-refractivity contribution < 1.29 is 7.16 Å². The van der Waals surface area contributed by atoms with E-state index in [0.29, 0.717) is 28.6 Å². The van der Waals surface area contributed by atoms with Gasteiger partial charge in [0.15, 0.2) is 0 Å². The number of fused-ring (bicyclic) bond motifs is 8. The molecule has 0 atom stereocenters. The second-order valence-corrected chi connectivity index (χ2v) is 12.2. The molecule has 0 N–H and O–H groups in total. The number of hydrogen-bond acceptors (Lipinski definition) is 1. The first kappa shape index (κ1) is 24.1. The Bertz CT molecular complexity index is 2900. The van der Waals surface area contributed by atoms with Gasteiger partial charge in [0.05, 0.1) is 2.74 Å². The summed E-state index contributed by atoms with van der Waals surface area (Å²) in [5.41, 5.74) is 8.11. The van der Waals surface area contributed by atoms with E-state index in [0.717, 1.165) is 43.6 Å². The van der Waals surface area contributed by atoms with Gasteiger partial charge < -0.3 is 4.42 Å². The summed E-state index contributed by atoms with van der Waals surface area (Å²) in [7, 11) is 0. The lowest BCUT2D eigenvalue weighted by Crippen LogP contribution is -1.91. The Kier molecular flexibility index (Phi) is 5.21. The van der Waals surface area contributed by atoms with Crippen LogP contribution in [0.1, 0.15) is 2.74 Å². The topological polar surface area (TPSA) is 13.1 Å². The summed E-state index contributed by atoms with van der Waals surface area (Å²) >= 11 is 0. The number of furan rings is 1. The van der Waals surface area contributed by atoms with E-state index >= 15 is 0 Å². The molecule has 1 nitrogen and oxygen atoms in total. The van der Waals surface area contributed by atoms with Gasteiger partial charge in [-0.05, 0) is 101 Å². The van der Waals surface area contributed by atoms with Crippen molar-refractivity contribution in [1.82, 2.24) is 0 Å². The first-order valence-corrected chi connectivity index (χ1v) is 16.0. The fourth-order valence-corrected chi connectivity index (χ4v) is 7.56. The van der Waals surface area contributed by atoms with Crippen LogP contribution in [0.3, 0.4) is 0 Å². The zero-order chi connectivity index (χ0) is 32.6. The van der Waals surface area contributed by atoms with Crippen molar-refractivity contribution in [2.75, 3.05) is 0 Å². The predicted octanol–water partition coefficient (Wildman–Crippen LogP) is 13.2. The van der Waals surface area contributed by atoms with Crippen LogP contribution in [-0.2, 0) is 0 Å². The lowest BCUT2D eigenvalue weighted by molar-refractivity contribution is 0.670. The van der Waals surface area contributed by atoms with Crippen molar-refractivity contribution >= 4 is 65.0 Å². The zero-order valence-electron chi connectivity index (χ0n) is 27.4. The molecule has 10 aromatic rings. The molecule has 0 saturated carbocycles. The van der Waals surface area contributed by atoms with Crippen molar-refractivity contribution in [3.05, 3.63) is 170 Å². The highest BCUT2D eigenvalue weighted by Crippen LogP contribution is 2.45. The van der Waals surface area contributed by atoms with Crippen molar-refractivity contribution in [2.24, 2.45) is 0 Å². The van der Waals surface area contributed by atoms with Gasteiger partial charge in [0.1, 0.15) is 11.2 Å². The van der Waals surface area contributed by atoms with Gasteiger partial charge in [-0.25, -0.2) is 0 Å². The molecule has 1 heterocycles. The van der Waals surface area contributed by atoms with E-state index in [1.807, 2.05) is 30.3 Å². The zero-order valence-corrected chi connectivity index (χ0v) is 25.4. The molecular formula is C46H28O. The SMILES string of the molecule is [2H]c1c2ccccc2c([2H])c2c1oc1cc(-c3cccc(-c4c5ccccc5c(-c5ccccc5)c5ccccc45)c3)c3ccccc3c12. The van der Waals surface area contributed by atoms with Crippen molar-refractivity contribution in [2.45, 2.75) is 0 Å². The summed E-state index contributed by atoms with van der Waals surface area (Å²) < 4.78 is 24.8. The maximum atomic E-state index is 9.20. The fraction of sp³-hybridized carbons (Fsp3) is 0. The van der Waals surface area contributed by atoms with E-state index < -0.39 is 0 Å². The minimum Gasteiger partial charge on any atom is -0.456 e. The van der Waals surface area contributed by atoms with Crippen LogP contribution >= 0.6 is 0 Å². The quantitative estimate of drug-likeness (QED) is 0.184. The molecular weight excluding hydrogens is 569 g/mol. The van der Waals surface area contributed by atoms with Gasteiger partial charge in [-0.1, -0.05) is 146 Å². The summed E-state index contributed by atoms with van der Waals surface area (Å²) in [6.07, 6.45) is 0. The predicted molar refractivity (Wildman–Crippen MR) is 200 cm³/mol. The standard InChI is InChI=1S/C46H28O/c1-2-13-29(14-3-1)44-36-21-8-10-23-38(36)45(39-24-11-9-22-37(39)44)33-18-12-17-32(25-33)40-28-43-46(35-20-7-6-19-34(35)40)41-26-30-15-4-5-16-31(30)27-42(41)47-43/h1-28H/i26D,27D. The Hall–Kier alpha value is -6.18. The van der Waals surface area contributed by atoms with Crippen molar-refractivity contribution in [1.29, 1.82) is 0 Å². The molecule has 10 rings (SSSR count). The summed E-state index contributed by atoms with van der Waals surface area (Å²) in [5.74, 6) is 0. The third kappa shape index (κ3) is 3.97. The molecule has 0 aliphatic rings. The van der Waals surface area contributed by atoms with Crippen LogP contribution in [0.2, 0.25) is 0 Å². The van der Waals surface area contributed by atoms with E-state index in [9.17, 15) is 1.37 Å². The van der Waals surface area contributed by atoms with Gasteiger partial charge in [0.25, 0.3) is 0 Å². The van der Waals surface area contributed by atoms with Gasteiger partial charge >= 0.3 is 0 Å². The first-order valence-electron chi connectivity index (χ1n) is 17.0. The van der Waals surface area contributed by atoms with Gasteiger partial charge in [-0.15, -0.1) is 0 Å². The molecule has 0 aliphatic carbocycles. The average molecular weight is 599 g/mol. The third-order valence-electron chi connectivity index (χ3n) is 9.59. The molecule has 218 valence electrons. The van der Waals surface area contributed by atoms with E-state index in [2.05, 4.69) is 127 Å². The maximum Gasteiger partial charge on any atom is 0.136 e. The van der Waals surface area contributed by atoms with Crippen LogP contribution < -0.4 is 0 Å². The molecule has 0 saturated heterocycles. The van der Waals surface area contributed by atoms with E-state index in [1.54, 1.807) is 0 Å². The largest absolute Gasteiger partial charge is 0.456 e. The molecule has 0 aliphatic heterocycles. The Morgan fingerprint density at radius 2 is 0.872 bits per heavy atom. The molecule has 0 amide bonds. The highest BCUT2D eigenvalue weighted by atomic mass is 16.3. The normalized spacial score (nSPS) is 12.4. The molecule has 47 heavy (non-hydrogen) atoms. The lowest BCUT2D eigenvalue weighted by Gasteiger charge is -2.18. The van der Waals surface area contributed by atoms with Gasteiger partial charge in [0, 0.05) is 10.8 Å². The third-order valence-corrected chi connectivity index (χ3v) is 9.59. The second-order valence-electron chi connectivity index (χ2n) is 12.2. The van der Waals surface area contributed by atoms with Crippen molar-refractivity contribution in [3.63, 3.8) is 0 Å². The Balaban J connectivity index is 1.26. The molecule has 9 aromatic carbocycles. The minimum atomic E-state index is 0.322. The highest BCUT2D eigenvalue weighted by molar-refractivity contribution is 6.24. The van der Waals surface area contributed by atoms with Crippen LogP contribution in [0.15, 0.2) is 174 Å². The molecule has 0 unspecified atom stereocenters. The molecule has 0 spiro atoms. The van der Waals surface area contributed by atoms with Crippen molar-refractivity contribution in [3.8, 4) is 33.4 Å². The average Bonchev–Trinajstić information content (AvgIpc) is 3.56. The summed E-state index contributed by atoms with van der Waals surface area (Å²) in [5, 5.41) is 10.1. The van der Waals surface area contributed by atoms with Crippen LogP contribution in [0, 0.1) is 0 Å². The summed E-state index contributed by atoms with van der Waals surface area (Å²) in [4.78, 5) is 0. The number of hydrogen-bond donors (Lipinski definition) is 0. The summed E-state index contributed by atoms with van der Waals surface area (Å²) in [6, 6.07) is 55.9. The Morgan fingerprint density at radius 1 is 0.362 bits per heavy atom. The molecule has 0 bridgehead atoms. The van der Waals surface area contributed by atoms with Gasteiger partial charge in [-0.3, -0.25) is 0 Å². The molecule has 1 aromatic heterocycles. The van der Waals surface area contributed by atoms with Gasteiger partial charge in [0.2, 0.25) is 0 Å². The number of benzene rings is 9. The lowest BCUT2D eigenvalue weighted by atomic mass is 9.85. The first-order chi connectivity index (χ1) is 24.2. The smallest absolute Gasteiger partial charge is 0.136 e. The molecule has 0 radical (unpaired) electrons. The Labute approximate surface area is 274 Å². The van der Waals surface area contributed by atoms with Crippen LogP contribution in [0.5, 0.6) is 0 Å². The van der Waals surface area contributed by atoms with Crippen LogP contribution in [0.4, 0.5) is 0 Å². The molecule has 1 heteroatoms. The number of rotatable bonds is 3. The van der Waals surface area contributed by atoms with Crippen LogP contribution in [0.25, 0.3) is 98.4 Å². The fourth-order valence-electron chi connectivity index (χ4n) is 7.56. The van der Waals surface area contributed by atoms with Crippen LogP contribution in [-0.4, -0.2) is 0 Å². The van der Waals surface area contributed by atoms with E-state index in [4.69, 9.17) is 5.79 Å². The monoisotopic (exact) mass is 598 g/mol. The molecule has 0 fully saturated rings. The van der Waals surface area contributed by atoms with Gasteiger partial charge in [-0.2, -0.15) is 0 Å². The Morgan fingerprint density at radius 3 is 1.55 bits per heavy atom. The summed E-state index contributed by atoms with van der Waals surface area (Å²) in [6.45, 7) is 0. The maximum absolute atomic E-state index is 9.20. The van der Waals surface area contributed by atoms with E-state index in [-0.39, 0.29) is 0 Å². The highest BCUT2D eigenvalue weighted by Gasteiger charge is 2.19.